The molecule has 0 saturated heterocycles. The second-order valence-electron chi connectivity index (χ2n) is 4.56. The zero-order chi connectivity index (χ0) is 12.6. The summed E-state index contributed by atoms with van der Waals surface area (Å²) in [6, 6.07) is 3.27. The van der Waals surface area contributed by atoms with E-state index in [0.29, 0.717) is 0 Å². The first-order valence-electron chi connectivity index (χ1n) is 5.06. The standard InChI is InChI=1S/C11H8F5N/c12-7-4-9(17)8-5(7)2-1-3-6(8)10(13,14)11(9,15)16/h1-3,7H,4,17H2. The minimum atomic E-state index is -4.46. The van der Waals surface area contributed by atoms with Crippen molar-refractivity contribution >= 4 is 0 Å². The summed E-state index contributed by atoms with van der Waals surface area (Å²) in [6.07, 6.45) is -2.51. The Bertz CT molecular complexity index is 513. The molecule has 0 spiro atoms. The number of hydrogen-bond donors (Lipinski definition) is 1. The molecule has 2 unspecified atom stereocenters. The minimum absolute atomic E-state index is 0.137. The van der Waals surface area contributed by atoms with E-state index >= 15 is 0 Å². The Kier molecular flexibility index (Phi) is 1.70. The second-order valence-corrected chi connectivity index (χ2v) is 4.56. The van der Waals surface area contributed by atoms with Crippen LogP contribution in [0.2, 0.25) is 0 Å². The van der Waals surface area contributed by atoms with Gasteiger partial charge >= 0.3 is 11.8 Å². The molecule has 0 fully saturated rings. The van der Waals surface area contributed by atoms with Crippen molar-refractivity contribution in [2.45, 2.75) is 30.0 Å². The maximum atomic E-state index is 13.7. The van der Waals surface area contributed by atoms with E-state index in [9.17, 15) is 22.0 Å². The molecule has 2 N–H and O–H groups in total. The van der Waals surface area contributed by atoms with Gasteiger partial charge < -0.3 is 5.73 Å². The van der Waals surface area contributed by atoms with Crippen LogP contribution in [0.15, 0.2) is 18.2 Å². The Morgan fingerprint density at radius 2 is 1.82 bits per heavy atom. The fourth-order valence-electron chi connectivity index (χ4n) is 2.82. The predicted octanol–water partition coefficient (Wildman–Crippen LogP) is 3.00. The lowest BCUT2D eigenvalue weighted by molar-refractivity contribution is -0.239. The lowest BCUT2D eigenvalue weighted by atomic mass is 9.91. The minimum Gasteiger partial charge on any atom is -0.316 e. The van der Waals surface area contributed by atoms with Gasteiger partial charge in [0.2, 0.25) is 0 Å². The summed E-state index contributed by atoms with van der Waals surface area (Å²) in [6.45, 7) is 0. The first-order chi connectivity index (χ1) is 7.73. The molecule has 1 aromatic carbocycles. The van der Waals surface area contributed by atoms with Crippen molar-refractivity contribution in [1.82, 2.24) is 0 Å². The zero-order valence-corrected chi connectivity index (χ0v) is 8.48. The van der Waals surface area contributed by atoms with Crippen molar-refractivity contribution in [3.63, 3.8) is 0 Å². The molecule has 0 saturated carbocycles. The number of hydrogen-bond acceptors (Lipinski definition) is 1. The molecule has 1 aromatic rings. The van der Waals surface area contributed by atoms with Gasteiger partial charge in [0.15, 0.2) is 0 Å². The van der Waals surface area contributed by atoms with Gasteiger partial charge in [0.05, 0.1) is 0 Å². The molecular formula is C11H8F5N. The molecule has 1 nitrogen and oxygen atoms in total. The average molecular weight is 249 g/mol. The molecule has 17 heavy (non-hydrogen) atoms. The highest BCUT2D eigenvalue weighted by Gasteiger charge is 2.77. The molecule has 6 heteroatoms. The van der Waals surface area contributed by atoms with Crippen molar-refractivity contribution in [3.05, 3.63) is 34.9 Å². The third-order valence-corrected chi connectivity index (χ3v) is 3.67. The molecule has 0 aliphatic heterocycles. The summed E-state index contributed by atoms with van der Waals surface area (Å²) in [7, 11) is 0. The van der Waals surface area contributed by atoms with Gasteiger partial charge in [0.1, 0.15) is 11.7 Å². The first kappa shape index (κ1) is 11.0. The molecule has 0 heterocycles. The fraction of sp³-hybridized carbons (Fsp3) is 0.455. The van der Waals surface area contributed by atoms with E-state index in [-0.39, 0.29) is 5.56 Å². The van der Waals surface area contributed by atoms with Crippen LogP contribution in [0, 0.1) is 0 Å². The van der Waals surface area contributed by atoms with Gasteiger partial charge in [-0.2, -0.15) is 17.6 Å². The molecule has 0 bridgehead atoms. The molecule has 2 aliphatic rings. The van der Waals surface area contributed by atoms with Crippen LogP contribution in [0.3, 0.4) is 0 Å². The van der Waals surface area contributed by atoms with Gasteiger partial charge in [-0.25, -0.2) is 4.39 Å². The molecule has 2 atom stereocenters. The Hall–Kier alpha value is -1.17. The van der Waals surface area contributed by atoms with E-state index in [1.54, 1.807) is 0 Å². The fourth-order valence-corrected chi connectivity index (χ4v) is 2.82. The highest BCUT2D eigenvalue weighted by atomic mass is 19.3. The van der Waals surface area contributed by atoms with E-state index in [0.717, 1.165) is 12.1 Å². The summed E-state index contributed by atoms with van der Waals surface area (Å²) in [4.78, 5) is 0. The van der Waals surface area contributed by atoms with Crippen LogP contribution in [-0.2, 0) is 11.5 Å². The van der Waals surface area contributed by atoms with E-state index in [1.807, 2.05) is 0 Å². The highest BCUT2D eigenvalue weighted by molar-refractivity contribution is 5.55. The Morgan fingerprint density at radius 3 is 2.47 bits per heavy atom. The maximum Gasteiger partial charge on any atom is 0.337 e. The average Bonchev–Trinajstić information content (AvgIpc) is 2.57. The Morgan fingerprint density at radius 1 is 1.18 bits per heavy atom. The lowest BCUT2D eigenvalue weighted by Crippen LogP contribution is -2.53. The van der Waals surface area contributed by atoms with Crippen LogP contribution in [0.4, 0.5) is 22.0 Å². The summed E-state index contributed by atoms with van der Waals surface area (Å²) in [5, 5.41) is 0. The van der Waals surface area contributed by atoms with Crippen molar-refractivity contribution < 1.29 is 22.0 Å². The quantitative estimate of drug-likeness (QED) is 0.703. The normalized spacial score (nSPS) is 36.0. The van der Waals surface area contributed by atoms with Gasteiger partial charge in [0, 0.05) is 12.0 Å². The smallest absolute Gasteiger partial charge is 0.316 e. The van der Waals surface area contributed by atoms with E-state index < -0.39 is 41.1 Å². The van der Waals surface area contributed by atoms with Gasteiger partial charge in [0.25, 0.3) is 0 Å². The lowest BCUT2D eigenvalue weighted by Gasteiger charge is -2.31. The SMILES string of the molecule is NC12CC(F)c3cccc(c31)C(F)(F)C2(F)F. The first-order valence-corrected chi connectivity index (χ1v) is 5.06. The van der Waals surface area contributed by atoms with Crippen LogP contribution in [0.25, 0.3) is 0 Å². The third kappa shape index (κ3) is 0.909. The molecular weight excluding hydrogens is 241 g/mol. The largest absolute Gasteiger partial charge is 0.337 e. The molecule has 0 aromatic heterocycles. The number of alkyl halides is 5. The summed E-state index contributed by atoms with van der Waals surface area (Å²) in [5.41, 5.74) is 1.40. The summed E-state index contributed by atoms with van der Waals surface area (Å²) in [5.74, 6) is -8.80. The monoisotopic (exact) mass is 249 g/mol. The van der Waals surface area contributed by atoms with Gasteiger partial charge in [-0.05, 0) is 11.1 Å². The topological polar surface area (TPSA) is 26.0 Å². The van der Waals surface area contributed by atoms with Crippen molar-refractivity contribution in [2.75, 3.05) is 0 Å². The van der Waals surface area contributed by atoms with Gasteiger partial charge in [-0.3, -0.25) is 0 Å². The Labute approximate surface area is 93.4 Å². The molecule has 3 rings (SSSR count). The van der Waals surface area contributed by atoms with Crippen LogP contribution >= 0.6 is 0 Å². The van der Waals surface area contributed by atoms with E-state index in [1.165, 1.54) is 6.07 Å². The Balaban J connectivity index is 2.41. The van der Waals surface area contributed by atoms with E-state index in [4.69, 9.17) is 5.73 Å². The van der Waals surface area contributed by atoms with Crippen LogP contribution in [-0.4, -0.2) is 5.92 Å². The zero-order valence-electron chi connectivity index (χ0n) is 8.48. The number of halogens is 5. The molecule has 2 aliphatic carbocycles. The maximum absolute atomic E-state index is 13.7. The third-order valence-electron chi connectivity index (χ3n) is 3.67. The van der Waals surface area contributed by atoms with Crippen LogP contribution in [0.5, 0.6) is 0 Å². The van der Waals surface area contributed by atoms with Crippen molar-refractivity contribution in [1.29, 1.82) is 0 Å². The van der Waals surface area contributed by atoms with Crippen molar-refractivity contribution in [2.24, 2.45) is 5.73 Å². The number of rotatable bonds is 0. The number of benzene rings is 1. The highest BCUT2D eigenvalue weighted by Crippen LogP contribution is 2.66. The van der Waals surface area contributed by atoms with Crippen molar-refractivity contribution in [3.8, 4) is 0 Å². The van der Waals surface area contributed by atoms with Gasteiger partial charge in [-0.15, -0.1) is 0 Å². The second kappa shape index (κ2) is 2.63. The van der Waals surface area contributed by atoms with Gasteiger partial charge in [-0.1, -0.05) is 18.2 Å². The van der Waals surface area contributed by atoms with Crippen LogP contribution in [0.1, 0.15) is 29.3 Å². The van der Waals surface area contributed by atoms with E-state index in [2.05, 4.69) is 0 Å². The molecule has 92 valence electrons. The summed E-state index contributed by atoms with van der Waals surface area (Å²) < 4.78 is 68.2. The number of nitrogens with two attached hydrogens (primary N) is 1. The molecule has 0 radical (unpaired) electrons. The summed E-state index contributed by atoms with van der Waals surface area (Å²) >= 11 is 0. The van der Waals surface area contributed by atoms with Crippen LogP contribution < -0.4 is 5.73 Å². The predicted molar refractivity (Wildman–Crippen MR) is 49.6 cm³/mol. The molecule has 0 amide bonds.